The number of rotatable bonds is 6. The number of nitro groups is 1. The largest absolute Gasteiger partial charge is 0.489 e. The quantitative estimate of drug-likeness (QED) is 0.230. The highest BCUT2D eigenvalue weighted by molar-refractivity contribution is 5.84. The maximum Gasteiger partial charge on any atom is 0.269 e. The zero-order valence-corrected chi connectivity index (χ0v) is 17.3. The molecule has 0 atom stereocenters. The zero-order valence-electron chi connectivity index (χ0n) is 17.3. The highest BCUT2D eigenvalue weighted by atomic mass is 16.6. The van der Waals surface area contributed by atoms with Crippen LogP contribution in [0.15, 0.2) is 100 Å². The van der Waals surface area contributed by atoms with E-state index in [4.69, 9.17) is 13.9 Å². The van der Waals surface area contributed by atoms with Gasteiger partial charge in [0.15, 0.2) is 0 Å². The van der Waals surface area contributed by atoms with Crippen LogP contribution in [0.5, 0.6) is 17.2 Å². The van der Waals surface area contributed by atoms with Crippen LogP contribution < -0.4 is 14.9 Å². The minimum absolute atomic E-state index is 0.0212. The minimum atomic E-state index is -0.450. The molecule has 0 saturated carbocycles. The molecule has 0 aliphatic carbocycles. The van der Waals surface area contributed by atoms with Gasteiger partial charge in [0.25, 0.3) is 5.69 Å². The Kier molecular flexibility index (Phi) is 5.20. The number of fused-ring (bicyclic) bond motifs is 2. The number of hydrogen-bond acceptors (Lipinski definition) is 6. The molecule has 0 unspecified atom stereocenters. The maximum atomic E-state index is 12.9. The monoisotopic (exact) mass is 439 g/mol. The van der Waals surface area contributed by atoms with Crippen molar-refractivity contribution >= 4 is 27.4 Å². The second-order valence-electron chi connectivity index (χ2n) is 7.41. The Labute approximate surface area is 187 Å². The summed E-state index contributed by atoms with van der Waals surface area (Å²) in [6.07, 6.45) is 1.29. The lowest BCUT2D eigenvalue weighted by Gasteiger charge is -2.09. The van der Waals surface area contributed by atoms with E-state index < -0.39 is 4.92 Å². The van der Waals surface area contributed by atoms with Gasteiger partial charge in [0.1, 0.15) is 30.0 Å². The average molecular weight is 439 g/mol. The maximum absolute atomic E-state index is 12.9. The van der Waals surface area contributed by atoms with Gasteiger partial charge in [-0.1, -0.05) is 30.3 Å². The summed E-state index contributed by atoms with van der Waals surface area (Å²) in [5, 5.41) is 13.2. The Hall–Kier alpha value is -4.65. The Balaban J connectivity index is 1.34. The van der Waals surface area contributed by atoms with Crippen molar-refractivity contribution in [3.8, 4) is 17.2 Å². The van der Waals surface area contributed by atoms with Crippen LogP contribution >= 0.6 is 0 Å². The molecule has 0 amide bonds. The van der Waals surface area contributed by atoms with Gasteiger partial charge in [-0.15, -0.1) is 0 Å². The lowest BCUT2D eigenvalue weighted by molar-refractivity contribution is -0.384. The molecule has 0 radical (unpaired) electrons. The summed E-state index contributed by atoms with van der Waals surface area (Å²) in [7, 11) is 0. The van der Waals surface area contributed by atoms with Crippen LogP contribution in [0.2, 0.25) is 0 Å². The van der Waals surface area contributed by atoms with Gasteiger partial charge in [0.05, 0.1) is 10.3 Å². The average Bonchev–Trinajstić information content (AvgIpc) is 2.84. The van der Waals surface area contributed by atoms with Crippen molar-refractivity contribution in [2.45, 2.75) is 6.61 Å². The number of non-ortho nitro benzene ring substituents is 1. The third-order valence-corrected chi connectivity index (χ3v) is 5.22. The number of nitro benzene ring substituents is 1. The van der Waals surface area contributed by atoms with Crippen molar-refractivity contribution in [2.24, 2.45) is 0 Å². The van der Waals surface area contributed by atoms with Gasteiger partial charge in [-0.3, -0.25) is 14.9 Å². The van der Waals surface area contributed by atoms with Crippen LogP contribution in [0.1, 0.15) is 5.56 Å². The van der Waals surface area contributed by atoms with Crippen molar-refractivity contribution in [2.75, 3.05) is 0 Å². The first-order valence-electron chi connectivity index (χ1n) is 10.2. The Morgan fingerprint density at radius 1 is 0.848 bits per heavy atom. The number of benzene rings is 4. The van der Waals surface area contributed by atoms with Crippen molar-refractivity contribution in [3.63, 3.8) is 0 Å². The van der Waals surface area contributed by atoms with Crippen LogP contribution in [-0.4, -0.2) is 4.92 Å². The summed E-state index contributed by atoms with van der Waals surface area (Å²) < 4.78 is 17.2. The van der Waals surface area contributed by atoms with E-state index in [0.29, 0.717) is 22.5 Å². The Morgan fingerprint density at radius 2 is 1.61 bits per heavy atom. The second kappa shape index (κ2) is 8.47. The minimum Gasteiger partial charge on any atom is -0.489 e. The fourth-order valence-electron chi connectivity index (χ4n) is 3.49. The lowest BCUT2D eigenvalue weighted by Crippen LogP contribution is -2.05. The van der Waals surface area contributed by atoms with Crippen molar-refractivity contribution in [1.82, 2.24) is 0 Å². The van der Waals surface area contributed by atoms with Gasteiger partial charge in [0, 0.05) is 18.2 Å². The fourth-order valence-corrected chi connectivity index (χ4v) is 3.49. The van der Waals surface area contributed by atoms with Gasteiger partial charge in [-0.05, 0) is 52.7 Å². The predicted octanol–water partition coefficient (Wildman–Crippen LogP) is 6.23. The molecule has 0 N–H and O–H groups in total. The summed E-state index contributed by atoms with van der Waals surface area (Å²) in [6, 6.07) is 24.5. The van der Waals surface area contributed by atoms with E-state index in [1.807, 2.05) is 36.4 Å². The summed E-state index contributed by atoms with van der Waals surface area (Å²) >= 11 is 0. The standard InChI is InChI=1S/C26H17NO6/c28-26-23-12-11-21(31-15-17-5-8-20(9-6-17)27(29)30)14-24(23)32-16-25(26)33-22-10-7-18-3-1-2-4-19(18)13-22/h1-14,16H,15H2. The smallest absolute Gasteiger partial charge is 0.269 e. The van der Waals surface area contributed by atoms with Crippen molar-refractivity contribution < 1.29 is 18.8 Å². The molecule has 1 heterocycles. The van der Waals surface area contributed by atoms with E-state index in [2.05, 4.69) is 0 Å². The van der Waals surface area contributed by atoms with Gasteiger partial charge in [-0.2, -0.15) is 0 Å². The van der Waals surface area contributed by atoms with Gasteiger partial charge in [0.2, 0.25) is 11.2 Å². The van der Waals surface area contributed by atoms with E-state index in [1.54, 1.807) is 36.4 Å². The first-order valence-corrected chi connectivity index (χ1v) is 10.2. The molecular formula is C26H17NO6. The molecule has 7 nitrogen and oxygen atoms in total. The van der Waals surface area contributed by atoms with Crippen LogP contribution in [-0.2, 0) is 6.61 Å². The van der Waals surface area contributed by atoms with Gasteiger partial charge in [-0.25, -0.2) is 0 Å². The third-order valence-electron chi connectivity index (χ3n) is 5.22. The molecule has 0 saturated heterocycles. The van der Waals surface area contributed by atoms with Crippen molar-refractivity contribution in [1.29, 1.82) is 0 Å². The Bertz CT molecular complexity index is 1540. The molecule has 0 spiro atoms. The topological polar surface area (TPSA) is 91.8 Å². The molecule has 162 valence electrons. The lowest BCUT2D eigenvalue weighted by atomic mass is 10.1. The molecule has 5 aromatic rings. The molecule has 0 bridgehead atoms. The normalized spacial score (nSPS) is 10.9. The second-order valence-corrected chi connectivity index (χ2v) is 7.41. The number of nitrogens with zero attached hydrogens (tertiary/aromatic N) is 1. The summed E-state index contributed by atoms with van der Waals surface area (Å²) in [5.74, 6) is 1.15. The molecule has 7 heteroatoms. The molecule has 1 aromatic heterocycles. The number of ether oxygens (including phenoxy) is 2. The predicted molar refractivity (Wildman–Crippen MR) is 124 cm³/mol. The molecule has 5 rings (SSSR count). The van der Waals surface area contributed by atoms with Crippen LogP contribution in [0.4, 0.5) is 5.69 Å². The van der Waals surface area contributed by atoms with E-state index in [1.165, 1.54) is 18.4 Å². The van der Waals surface area contributed by atoms with E-state index in [0.717, 1.165) is 16.3 Å². The summed E-state index contributed by atoms with van der Waals surface area (Å²) in [4.78, 5) is 23.2. The molecule has 4 aromatic carbocycles. The zero-order chi connectivity index (χ0) is 22.8. The summed E-state index contributed by atoms with van der Waals surface area (Å²) in [6.45, 7) is 0.219. The van der Waals surface area contributed by atoms with E-state index in [-0.39, 0.29) is 23.5 Å². The molecule has 0 aliphatic rings. The van der Waals surface area contributed by atoms with Crippen molar-refractivity contribution in [3.05, 3.63) is 117 Å². The van der Waals surface area contributed by atoms with Crippen LogP contribution in [0.25, 0.3) is 21.7 Å². The Morgan fingerprint density at radius 3 is 2.39 bits per heavy atom. The van der Waals surface area contributed by atoms with Crippen LogP contribution in [0, 0.1) is 10.1 Å². The van der Waals surface area contributed by atoms with Gasteiger partial charge >= 0.3 is 0 Å². The van der Waals surface area contributed by atoms with Gasteiger partial charge < -0.3 is 13.9 Å². The summed E-state index contributed by atoms with van der Waals surface area (Å²) in [5.41, 5.74) is 0.882. The highest BCUT2D eigenvalue weighted by Gasteiger charge is 2.11. The van der Waals surface area contributed by atoms with Crippen LogP contribution in [0.3, 0.4) is 0 Å². The fraction of sp³-hybridized carbons (Fsp3) is 0.0385. The third kappa shape index (κ3) is 4.24. The molecule has 0 fully saturated rings. The molecular weight excluding hydrogens is 422 g/mol. The number of hydrogen-bond donors (Lipinski definition) is 0. The molecule has 0 aliphatic heterocycles. The SMILES string of the molecule is O=c1c(Oc2ccc3ccccc3c2)coc2cc(OCc3ccc([N+](=O)[O-])cc3)ccc12. The molecule has 33 heavy (non-hydrogen) atoms. The highest BCUT2D eigenvalue weighted by Crippen LogP contribution is 2.27. The first kappa shape index (κ1) is 20.3. The first-order chi connectivity index (χ1) is 16.1. The van der Waals surface area contributed by atoms with E-state index in [9.17, 15) is 14.9 Å². The van der Waals surface area contributed by atoms with E-state index >= 15 is 0 Å².